The Morgan fingerprint density at radius 3 is 2.82 bits per heavy atom. The Morgan fingerprint density at radius 2 is 1.94 bits per heavy atom. The van der Waals surface area contributed by atoms with Gasteiger partial charge < -0.3 is 0 Å². The van der Waals surface area contributed by atoms with Gasteiger partial charge in [-0.2, -0.15) is 0 Å². The van der Waals surface area contributed by atoms with Gasteiger partial charge in [0.05, 0.1) is 0 Å². The molecule has 0 saturated carbocycles. The molecule has 2 aromatic carbocycles. The summed E-state index contributed by atoms with van der Waals surface area (Å²) in [5, 5.41) is 0.833. The molecular weight excluding hydrogens is 248 g/mol. The highest BCUT2D eigenvalue weighted by atomic mass is 35.5. The van der Waals surface area contributed by atoms with Crippen LogP contribution in [0.5, 0.6) is 0 Å². The summed E-state index contributed by atoms with van der Waals surface area (Å²) in [5.41, 5.74) is 4.19. The number of benzene rings is 2. The maximum atomic E-state index is 6.12. The fourth-order valence-electron chi connectivity index (χ4n) is 2.39. The molecule has 0 aliphatic carbocycles. The second-order valence-electron chi connectivity index (χ2n) is 4.39. The monoisotopic (exact) mass is 260 g/mol. The van der Waals surface area contributed by atoms with E-state index in [1.54, 1.807) is 0 Å². The molecule has 0 nitrogen and oxygen atoms in total. The topological polar surface area (TPSA) is 0 Å². The number of halogens is 1. The van der Waals surface area contributed by atoms with E-state index in [4.69, 9.17) is 11.6 Å². The highest BCUT2D eigenvalue weighted by Crippen LogP contribution is 2.40. The minimum Gasteiger partial charge on any atom is -0.121 e. The van der Waals surface area contributed by atoms with Crippen LogP contribution in [0.3, 0.4) is 0 Å². The average molecular weight is 261 g/mol. The second-order valence-corrected chi connectivity index (χ2v) is 5.84. The summed E-state index contributed by atoms with van der Waals surface area (Å²) < 4.78 is 0. The predicted octanol–water partition coefficient (Wildman–Crippen LogP) is 5.10. The van der Waals surface area contributed by atoms with Crippen LogP contribution in [0.25, 0.3) is 0 Å². The summed E-state index contributed by atoms with van der Waals surface area (Å²) in [6, 6.07) is 14.9. The Labute approximate surface area is 111 Å². The zero-order valence-corrected chi connectivity index (χ0v) is 11.2. The van der Waals surface area contributed by atoms with Crippen molar-refractivity contribution in [2.45, 2.75) is 23.5 Å². The molecule has 1 heterocycles. The SMILES string of the molecule is CC1c2cc(Cl)ccc2CSc2ccccc21. The van der Waals surface area contributed by atoms with Crippen molar-refractivity contribution in [2.24, 2.45) is 0 Å². The van der Waals surface area contributed by atoms with Crippen LogP contribution in [-0.4, -0.2) is 0 Å². The van der Waals surface area contributed by atoms with Gasteiger partial charge in [0.15, 0.2) is 0 Å². The number of hydrogen-bond acceptors (Lipinski definition) is 1. The summed E-state index contributed by atoms with van der Waals surface area (Å²) >= 11 is 8.03. The molecular formula is C15H13ClS. The van der Waals surface area contributed by atoms with Crippen molar-refractivity contribution in [3.05, 3.63) is 64.2 Å². The maximum absolute atomic E-state index is 6.12. The lowest BCUT2D eigenvalue weighted by Crippen LogP contribution is -1.98. The fraction of sp³-hybridized carbons (Fsp3) is 0.200. The molecule has 0 fully saturated rings. The van der Waals surface area contributed by atoms with Crippen LogP contribution in [0.2, 0.25) is 5.02 Å². The van der Waals surface area contributed by atoms with Gasteiger partial charge in [-0.3, -0.25) is 0 Å². The highest BCUT2D eigenvalue weighted by molar-refractivity contribution is 7.98. The quantitative estimate of drug-likeness (QED) is 0.635. The minimum absolute atomic E-state index is 0.426. The lowest BCUT2D eigenvalue weighted by molar-refractivity contribution is 0.890. The van der Waals surface area contributed by atoms with E-state index in [2.05, 4.69) is 43.3 Å². The van der Waals surface area contributed by atoms with Gasteiger partial charge in [0.25, 0.3) is 0 Å². The summed E-state index contributed by atoms with van der Waals surface area (Å²) in [7, 11) is 0. The molecule has 1 aliphatic heterocycles. The number of hydrogen-bond donors (Lipinski definition) is 0. The van der Waals surface area contributed by atoms with E-state index in [1.165, 1.54) is 21.6 Å². The van der Waals surface area contributed by atoms with Crippen molar-refractivity contribution in [1.82, 2.24) is 0 Å². The van der Waals surface area contributed by atoms with Crippen molar-refractivity contribution in [3.63, 3.8) is 0 Å². The maximum Gasteiger partial charge on any atom is 0.0409 e. The molecule has 2 heteroatoms. The van der Waals surface area contributed by atoms with Gasteiger partial charge >= 0.3 is 0 Å². The standard InChI is InChI=1S/C15H13ClS/c1-10-13-4-2-3-5-15(13)17-9-11-6-7-12(16)8-14(10)11/h2-8,10H,9H2,1H3. The Balaban J connectivity index is 2.18. The van der Waals surface area contributed by atoms with Crippen LogP contribution >= 0.6 is 23.4 Å². The van der Waals surface area contributed by atoms with Gasteiger partial charge in [0.1, 0.15) is 0 Å². The zero-order chi connectivity index (χ0) is 11.8. The first-order valence-corrected chi connectivity index (χ1v) is 7.12. The summed E-state index contributed by atoms with van der Waals surface area (Å²) in [4.78, 5) is 1.40. The average Bonchev–Trinajstić information content (AvgIpc) is 2.49. The molecule has 0 N–H and O–H groups in total. The van der Waals surface area contributed by atoms with Crippen LogP contribution in [0.4, 0.5) is 0 Å². The Kier molecular flexibility index (Phi) is 2.89. The van der Waals surface area contributed by atoms with Crippen molar-refractivity contribution < 1.29 is 0 Å². The smallest absolute Gasteiger partial charge is 0.0409 e. The van der Waals surface area contributed by atoms with E-state index in [1.807, 2.05) is 17.8 Å². The lowest BCUT2D eigenvalue weighted by Gasteiger charge is -2.15. The third-order valence-electron chi connectivity index (χ3n) is 3.34. The first-order valence-electron chi connectivity index (χ1n) is 5.76. The van der Waals surface area contributed by atoms with Gasteiger partial charge in [-0.1, -0.05) is 42.8 Å². The van der Waals surface area contributed by atoms with Crippen molar-refractivity contribution in [3.8, 4) is 0 Å². The molecule has 0 amide bonds. The van der Waals surface area contributed by atoms with Crippen molar-refractivity contribution >= 4 is 23.4 Å². The first-order chi connectivity index (χ1) is 8.25. The van der Waals surface area contributed by atoms with Crippen LogP contribution in [0.1, 0.15) is 29.5 Å². The number of rotatable bonds is 0. The van der Waals surface area contributed by atoms with Crippen LogP contribution < -0.4 is 0 Å². The Morgan fingerprint density at radius 1 is 1.12 bits per heavy atom. The molecule has 0 saturated heterocycles. The number of fused-ring (bicyclic) bond motifs is 2. The van der Waals surface area contributed by atoms with Gasteiger partial charge in [-0.15, -0.1) is 11.8 Å². The van der Waals surface area contributed by atoms with E-state index in [-0.39, 0.29) is 0 Å². The molecule has 3 rings (SSSR count). The number of thioether (sulfide) groups is 1. The summed E-state index contributed by atoms with van der Waals surface area (Å²) in [6.07, 6.45) is 0. The third-order valence-corrected chi connectivity index (χ3v) is 4.72. The molecule has 2 aromatic rings. The first kappa shape index (κ1) is 11.2. The van der Waals surface area contributed by atoms with E-state index < -0.39 is 0 Å². The molecule has 0 spiro atoms. The minimum atomic E-state index is 0.426. The molecule has 0 radical (unpaired) electrons. The van der Waals surface area contributed by atoms with E-state index >= 15 is 0 Å². The van der Waals surface area contributed by atoms with Gasteiger partial charge in [-0.25, -0.2) is 0 Å². The zero-order valence-electron chi connectivity index (χ0n) is 9.61. The molecule has 1 atom stereocenters. The normalized spacial score (nSPS) is 18.1. The predicted molar refractivity (Wildman–Crippen MR) is 75.0 cm³/mol. The lowest BCUT2D eigenvalue weighted by atomic mass is 9.90. The van der Waals surface area contributed by atoms with E-state index in [9.17, 15) is 0 Å². The Hall–Kier alpha value is -0.920. The summed E-state index contributed by atoms with van der Waals surface area (Å²) in [6.45, 7) is 2.26. The van der Waals surface area contributed by atoms with Gasteiger partial charge in [0.2, 0.25) is 0 Å². The van der Waals surface area contributed by atoms with Crippen LogP contribution in [-0.2, 0) is 5.75 Å². The van der Waals surface area contributed by atoms with Gasteiger partial charge in [0, 0.05) is 21.6 Å². The largest absolute Gasteiger partial charge is 0.121 e. The van der Waals surface area contributed by atoms with Crippen molar-refractivity contribution in [2.75, 3.05) is 0 Å². The molecule has 1 aliphatic rings. The molecule has 17 heavy (non-hydrogen) atoms. The fourth-order valence-corrected chi connectivity index (χ4v) is 3.73. The molecule has 86 valence electrons. The van der Waals surface area contributed by atoms with Crippen LogP contribution in [0, 0.1) is 0 Å². The molecule has 0 aromatic heterocycles. The molecule has 0 bridgehead atoms. The third kappa shape index (κ3) is 1.98. The second kappa shape index (κ2) is 4.40. The van der Waals surface area contributed by atoms with Gasteiger partial charge in [-0.05, 0) is 34.9 Å². The summed E-state index contributed by atoms with van der Waals surface area (Å²) in [5.74, 6) is 1.46. The highest BCUT2D eigenvalue weighted by Gasteiger charge is 2.20. The molecule has 1 unspecified atom stereocenters. The van der Waals surface area contributed by atoms with E-state index in [0.717, 1.165) is 10.8 Å². The van der Waals surface area contributed by atoms with E-state index in [0.29, 0.717) is 5.92 Å². The van der Waals surface area contributed by atoms with Crippen molar-refractivity contribution in [1.29, 1.82) is 0 Å². The van der Waals surface area contributed by atoms with Crippen LogP contribution in [0.15, 0.2) is 47.4 Å². The Bertz CT molecular complexity index is 563.